The molecule has 2 atom stereocenters. The van der Waals surface area contributed by atoms with Gasteiger partial charge in [0.2, 0.25) is 0 Å². The van der Waals surface area contributed by atoms with E-state index in [1.54, 1.807) is 0 Å². The topological polar surface area (TPSA) is 15.3 Å². The summed E-state index contributed by atoms with van der Waals surface area (Å²) >= 11 is 1.87. The third-order valence-electron chi connectivity index (χ3n) is 3.65. The zero-order valence-electron chi connectivity index (χ0n) is 10.5. The standard InChI is InChI=1S/C13H22N2S/c1-10-6-7-16-13(10)9-14-11-4-5-12(8-11)15(2)3/h6-7,11-12,14H,4-5,8-9H2,1-3H3. The smallest absolute Gasteiger partial charge is 0.0304 e. The summed E-state index contributed by atoms with van der Waals surface area (Å²) in [6.07, 6.45) is 3.97. The molecule has 0 bridgehead atoms. The van der Waals surface area contributed by atoms with Crippen molar-refractivity contribution in [2.45, 2.75) is 44.8 Å². The fraction of sp³-hybridized carbons (Fsp3) is 0.692. The maximum absolute atomic E-state index is 3.69. The van der Waals surface area contributed by atoms with E-state index in [4.69, 9.17) is 0 Å². The van der Waals surface area contributed by atoms with E-state index in [2.05, 4.69) is 42.7 Å². The first kappa shape index (κ1) is 12.1. The molecule has 90 valence electrons. The molecule has 1 aromatic rings. The van der Waals surface area contributed by atoms with Crippen LogP contribution in [0.1, 0.15) is 29.7 Å². The second kappa shape index (κ2) is 5.30. The molecule has 0 aliphatic heterocycles. The Morgan fingerprint density at radius 2 is 2.25 bits per heavy atom. The molecule has 2 rings (SSSR count). The summed E-state index contributed by atoms with van der Waals surface area (Å²) in [6, 6.07) is 3.70. The lowest BCUT2D eigenvalue weighted by atomic mass is 10.2. The highest BCUT2D eigenvalue weighted by Crippen LogP contribution is 2.23. The van der Waals surface area contributed by atoms with Crippen molar-refractivity contribution in [3.63, 3.8) is 0 Å². The van der Waals surface area contributed by atoms with Gasteiger partial charge in [-0.05, 0) is 57.3 Å². The van der Waals surface area contributed by atoms with Crippen molar-refractivity contribution in [3.05, 3.63) is 21.9 Å². The molecular weight excluding hydrogens is 216 g/mol. The molecule has 1 fully saturated rings. The van der Waals surface area contributed by atoms with Crippen LogP contribution in [-0.4, -0.2) is 31.1 Å². The van der Waals surface area contributed by atoms with E-state index in [0.717, 1.165) is 12.6 Å². The Morgan fingerprint density at radius 3 is 2.81 bits per heavy atom. The fourth-order valence-electron chi connectivity index (χ4n) is 2.43. The Morgan fingerprint density at radius 1 is 1.44 bits per heavy atom. The summed E-state index contributed by atoms with van der Waals surface area (Å²) in [5, 5.41) is 5.88. The quantitative estimate of drug-likeness (QED) is 0.867. The highest BCUT2D eigenvalue weighted by molar-refractivity contribution is 7.10. The van der Waals surface area contributed by atoms with Gasteiger partial charge in [0.25, 0.3) is 0 Å². The van der Waals surface area contributed by atoms with Gasteiger partial charge in [-0.15, -0.1) is 11.3 Å². The van der Waals surface area contributed by atoms with Gasteiger partial charge in [-0.2, -0.15) is 0 Å². The Bertz CT molecular complexity index is 332. The number of thiophene rings is 1. The van der Waals surface area contributed by atoms with Crippen LogP contribution in [0.2, 0.25) is 0 Å². The number of hydrogen-bond donors (Lipinski definition) is 1. The molecule has 1 aliphatic carbocycles. The number of nitrogens with one attached hydrogen (secondary N) is 1. The molecule has 1 aromatic heterocycles. The van der Waals surface area contributed by atoms with Crippen molar-refractivity contribution in [1.82, 2.24) is 10.2 Å². The van der Waals surface area contributed by atoms with Crippen LogP contribution in [0.5, 0.6) is 0 Å². The molecule has 1 aliphatic rings. The molecule has 16 heavy (non-hydrogen) atoms. The van der Waals surface area contributed by atoms with Gasteiger partial charge < -0.3 is 10.2 Å². The van der Waals surface area contributed by atoms with E-state index in [0.29, 0.717) is 6.04 Å². The van der Waals surface area contributed by atoms with Crippen molar-refractivity contribution in [2.24, 2.45) is 0 Å². The van der Waals surface area contributed by atoms with E-state index in [-0.39, 0.29) is 0 Å². The molecule has 2 nitrogen and oxygen atoms in total. The third kappa shape index (κ3) is 2.84. The van der Waals surface area contributed by atoms with Crippen molar-refractivity contribution in [3.8, 4) is 0 Å². The second-order valence-electron chi connectivity index (χ2n) is 5.04. The van der Waals surface area contributed by atoms with Crippen molar-refractivity contribution < 1.29 is 0 Å². The molecule has 1 N–H and O–H groups in total. The van der Waals surface area contributed by atoms with E-state index >= 15 is 0 Å². The van der Waals surface area contributed by atoms with Crippen LogP contribution in [0.4, 0.5) is 0 Å². The first-order chi connectivity index (χ1) is 7.66. The van der Waals surface area contributed by atoms with Crippen LogP contribution in [0.3, 0.4) is 0 Å². The Balaban J connectivity index is 1.78. The highest BCUT2D eigenvalue weighted by atomic mass is 32.1. The van der Waals surface area contributed by atoms with Crippen molar-refractivity contribution in [2.75, 3.05) is 14.1 Å². The summed E-state index contributed by atoms with van der Waals surface area (Å²) < 4.78 is 0. The number of rotatable bonds is 4. The summed E-state index contributed by atoms with van der Waals surface area (Å²) in [7, 11) is 4.38. The lowest BCUT2D eigenvalue weighted by Crippen LogP contribution is -2.30. The Kier molecular flexibility index (Phi) is 4.00. The maximum atomic E-state index is 3.69. The molecule has 2 unspecified atom stereocenters. The Labute approximate surface area is 103 Å². The molecular formula is C13H22N2S. The normalized spacial score (nSPS) is 25.5. The molecule has 1 heterocycles. The maximum Gasteiger partial charge on any atom is 0.0304 e. The minimum absolute atomic E-state index is 0.717. The van der Waals surface area contributed by atoms with Gasteiger partial charge in [-0.1, -0.05) is 0 Å². The fourth-order valence-corrected chi connectivity index (χ4v) is 3.29. The monoisotopic (exact) mass is 238 g/mol. The van der Waals surface area contributed by atoms with Gasteiger partial charge in [0, 0.05) is 23.5 Å². The highest BCUT2D eigenvalue weighted by Gasteiger charge is 2.25. The number of nitrogens with zero attached hydrogens (tertiary/aromatic N) is 1. The first-order valence-electron chi connectivity index (χ1n) is 6.09. The van der Waals surface area contributed by atoms with Crippen molar-refractivity contribution >= 4 is 11.3 Å². The number of aryl methyl sites for hydroxylation is 1. The van der Waals surface area contributed by atoms with Crippen LogP contribution in [0.15, 0.2) is 11.4 Å². The average Bonchev–Trinajstić information content (AvgIpc) is 2.83. The van der Waals surface area contributed by atoms with Crippen LogP contribution < -0.4 is 5.32 Å². The van der Waals surface area contributed by atoms with Gasteiger partial charge in [-0.3, -0.25) is 0 Å². The largest absolute Gasteiger partial charge is 0.309 e. The number of hydrogen-bond acceptors (Lipinski definition) is 3. The van der Waals surface area contributed by atoms with Crippen molar-refractivity contribution in [1.29, 1.82) is 0 Å². The van der Waals surface area contributed by atoms with E-state index in [1.807, 2.05) is 11.3 Å². The zero-order chi connectivity index (χ0) is 11.5. The average molecular weight is 238 g/mol. The summed E-state index contributed by atoms with van der Waals surface area (Å²) in [4.78, 5) is 3.85. The van der Waals surface area contributed by atoms with Gasteiger partial charge in [0.05, 0.1) is 0 Å². The van der Waals surface area contributed by atoms with Gasteiger partial charge in [0.1, 0.15) is 0 Å². The predicted molar refractivity (Wildman–Crippen MR) is 71.0 cm³/mol. The molecule has 3 heteroatoms. The summed E-state index contributed by atoms with van der Waals surface area (Å²) in [5.74, 6) is 0. The zero-order valence-corrected chi connectivity index (χ0v) is 11.3. The van der Waals surface area contributed by atoms with Gasteiger partial charge >= 0.3 is 0 Å². The first-order valence-corrected chi connectivity index (χ1v) is 6.97. The molecule has 0 radical (unpaired) electrons. The third-order valence-corrected chi connectivity index (χ3v) is 4.68. The minimum atomic E-state index is 0.717. The molecule has 0 spiro atoms. The minimum Gasteiger partial charge on any atom is -0.309 e. The van der Waals surface area contributed by atoms with E-state index < -0.39 is 0 Å². The van der Waals surface area contributed by atoms with E-state index in [1.165, 1.54) is 29.7 Å². The van der Waals surface area contributed by atoms with Crippen LogP contribution in [0, 0.1) is 6.92 Å². The van der Waals surface area contributed by atoms with Crippen LogP contribution in [-0.2, 0) is 6.54 Å². The van der Waals surface area contributed by atoms with Gasteiger partial charge in [-0.25, -0.2) is 0 Å². The second-order valence-corrected chi connectivity index (χ2v) is 6.04. The lowest BCUT2D eigenvalue weighted by molar-refractivity contribution is 0.293. The van der Waals surface area contributed by atoms with E-state index in [9.17, 15) is 0 Å². The summed E-state index contributed by atoms with van der Waals surface area (Å²) in [5.41, 5.74) is 1.43. The lowest BCUT2D eigenvalue weighted by Gasteiger charge is -2.19. The Hall–Kier alpha value is -0.380. The molecule has 1 saturated carbocycles. The van der Waals surface area contributed by atoms with Crippen LogP contribution >= 0.6 is 11.3 Å². The SMILES string of the molecule is Cc1ccsc1CNC1CCC(N(C)C)C1. The molecule has 0 saturated heterocycles. The molecule has 0 amide bonds. The van der Waals surface area contributed by atoms with Crippen LogP contribution in [0.25, 0.3) is 0 Å². The van der Waals surface area contributed by atoms with Gasteiger partial charge in [0.15, 0.2) is 0 Å². The summed E-state index contributed by atoms with van der Waals surface area (Å²) in [6.45, 7) is 3.25. The predicted octanol–water partition coefficient (Wildman–Crippen LogP) is 2.63. The molecule has 0 aromatic carbocycles.